The molecule has 3 saturated heterocycles. The van der Waals surface area contributed by atoms with Crippen molar-refractivity contribution in [3.05, 3.63) is 24.3 Å². The van der Waals surface area contributed by atoms with Crippen LogP contribution in [-0.4, -0.2) is 125 Å². The number of aliphatic hydroxyl groups is 1. The zero-order valence-corrected chi connectivity index (χ0v) is 32.7. The van der Waals surface area contributed by atoms with E-state index in [0.29, 0.717) is 17.7 Å². The lowest BCUT2D eigenvalue weighted by atomic mass is 9.74. The van der Waals surface area contributed by atoms with E-state index in [1.165, 1.54) is 20.4 Å². The van der Waals surface area contributed by atoms with Gasteiger partial charge in [0.15, 0.2) is 30.4 Å². The van der Waals surface area contributed by atoms with Gasteiger partial charge in [-0.1, -0.05) is 44.7 Å². The molecule has 3 aliphatic heterocycles. The number of ether oxygens (including phenoxy) is 6. The van der Waals surface area contributed by atoms with Crippen molar-refractivity contribution in [2.24, 2.45) is 28.8 Å². The van der Waals surface area contributed by atoms with E-state index in [2.05, 4.69) is 27.0 Å². The average Bonchev–Trinajstić information content (AvgIpc) is 3.44. The summed E-state index contributed by atoms with van der Waals surface area (Å²) in [4.78, 5) is 56.4. The maximum atomic E-state index is 14.2. The first-order chi connectivity index (χ1) is 25.0. The summed E-state index contributed by atoms with van der Waals surface area (Å²) in [6.45, 7) is 14.0. The predicted octanol–water partition coefficient (Wildman–Crippen LogP) is 3.55. The highest BCUT2D eigenvalue weighted by Gasteiger charge is 2.58. The normalized spacial score (nSPS) is 39.2. The number of cyclic esters (lactones) is 1. The summed E-state index contributed by atoms with van der Waals surface area (Å²) in [7, 11) is 5.26. The maximum absolute atomic E-state index is 14.2. The van der Waals surface area contributed by atoms with Crippen molar-refractivity contribution in [1.29, 1.82) is 0 Å². The number of fused-ring (bicyclic) bond motifs is 1. The molecule has 0 radical (unpaired) electrons. The van der Waals surface area contributed by atoms with Gasteiger partial charge >= 0.3 is 12.1 Å². The lowest BCUT2D eigenvalue weighted by Crippen LogP contribution is -2.59. The highest BCUT2D eigenvalue weighted by molar-refractivity contribution is 6.00. The quantitative estimate of drug-likeness (QED) is 0.141. The first kappa shape index (κ1) is 42.1. The van der Waals surface area contributed by atoms with Crippen molar-refractivity contribution in [1.82, 2.24) is 14.9 Å². The Bertz CT molecular complexity index is 1530. The molecule has 0 aromatic carbocycles. The Labute approximate surface area is 312 Å². The number of hydrogen-bond donors (Lipinski definition) is 1. The van der Waals surface area contributed by atoms with Crippen LogP contribution in [0.25, 0.3) is 0 Å². The molecule has 3 fully saturated rings. The van der Waals surface area contributed by atoms with Crippen LogP contribution in [0.5, 0.6) is 0 Å². The van der Waals surface area contributed by atoms with Gasteiger partial charge in [-0.15, -0.1) is 0 Å². The summed E-state index contributed by atoms with van der Waals surface area (Å²) in [6.07, 6.45) is -0.678. The minimum Gasteiger partial charge on any atom is -0.457 e. The molecule has 0 bridgehead atoms. The lowest BCUT2D eigenvalue weighted by molar-refractivity contribution is -0.295. The Morgan fingerprint density at radius 3 is 2.36 bits per heavy atom. The van der Waals surface area contributed by atoms with Gasteiger partial charge in [0.2, 0.25) is 0 Å². The van der Waals surface area contributed by atoms with Gasteiger partial charge in [0, 0.05) is 43.3 Å². The van der Waals surface area contributed by atoms with Crippen molar-refractivity contribution >= 4 is 23.6 Å². The van der Waals surface area contributed by atoms with Crippen molar-refractivity contribution in [2.75, 3.05) is 27.8 Å². The number of aromatic nitrogens is 2. The van der Waals surface area contributed by atoms with Crippen LogP contribution in [0.15, 0.2) is 23.9 Å². The number of esters is 1. The van der Waals surface area contributed by atoms with Crippen molar-refractivity contribution in [2.45, 2.75) is 129 Å². The number of ketones is 1. The highest BCUT2D eigenvalue weighted by Crippen LogP contribution is 2.42. The van der Waals surface area contributed by atoms with Gasteiger partial charge in [0.1, 0.15) is 24.5 Å². The molecule has 0 amide bonds. The minimum absolute atomic E-state index is 0.0793. The van der Waals surface area contributed by atoms with E-state index in [1.54, 1.807) is 40.1 Å². The number of Topliss-reactive ketones (excluding diaryl/α,β-unsaturated/α-hetero) is 1. The molecule has 4 rings (SSSR count). The second-order valence-corrected chi connectivity index (χ2v) is 15.1. The zero-order valence-electron chi connectivity index (χ0n) is 32.7. The van der Waals surface area contributed by atoms with E-state index in [4.69, 9.17) is 33.3 Å². The van der Waals surface area contributed by atoms with Crippen molar-refractivity contribution in [3.63, 3.8) is 0 Å². The third kappa shape index (κ3) is 9.35. The molecule has 1 aromatic heterocycles. The number of carbonyl (C=O) groups excluding carboxylic acids is 3. The monoisotopic (exact) mass is 744 g/mol. The number of methoxy groups -OCH3 is 1. The molecule has 1 aromatic rings. The molecule has 15 nitrogen and oxygen atoms in total. The van der Waals surface area contributed by atoms with Crippen LogP contribution >= 0.6 is 0 Å². The summed E-state index contributed by atoms with van der Waals surface area (Å²) in [5.74, 6) is 1.34. The Hall–Kier alpha value is -3.68. The molecule has 0 saturated carbocycles. The number of aliphatic hydroxyl groups excluding tert-OH is 1. The van der Waals surface area contributed by atoms with Gasteiger partial charge < -0.3 is 43.3 Å². The molecule has 1 N–H and O–H groups in total. The van der Waals surface area contributed by atoms with E-state index < -0.39 is 83.5 Å². The Kier molecular flexibility index (Phi) is 14.0. The first-order valence-corrected chi connectivity index (χ1v) is 18.2. The zero-order chi connectivity index (χ0) is 39.2. The molecule has 0 aliphatic carbocycles. The molecule has 3 aliphatic rings. The molecule has 4 heterocycles. The summed E-state index contributed by atoms with van der Waals surface area (Å²) in [6, 6.07) is -0.277. The van der Waals surface area contributed by atoms with Crippen LogP contribution in [0.2, 0.25) is 0 Å². The molecule has 15 heteroatoms. The van der Waals surface area contributed by atoms with Crippen molar-refractivity contribution < 1.29 is 52.7 Å². The van der Waals surface area contributed by atoms with E-state index in [0.717, 1.165) is 0 Å². The number of likely N-dealkylation sites (N-methyl/N-ethyl adjacent to an activating group) is 1. The molecular weight excluding hydrogens is 688 g/mol. The summed E-state index contributed by atoms with van der Waals surface area (Å²) in [5, 5.41) is 16.0. The molecule has 294 valence electrons. The maximum Gasteiger partial charge on any atom is 0.509 e. The van der Waals surface area contributed by atoms with Gasteiger partial charge in [-0.3, -0.25) is 9.59 Å². The fourth-order valence-corrected chi connectivity index (χ4v) is 7.87. The molecule has 53 heavy (non-hydrogen) atoms. The highest BCUT2D eigenvalue weighted by atomic mass is 16.8. The molecule has 0 unspecified atom stereocenters. The second-order valence-electron chi connectivity index (χ2n) is 15.1. The molecule has 0 spiro atoms. The van der Waals surface area contributed by atoms with Crippen LogP contribution in [0.4, 0.5) is 4.79 Å². The first-order valence-electron chi connectivity index (χ1n) is 18.2. The smallest absolute Gasteiger partial charge is 0.457 e. The van der Waals surface area contributed by atoms with Gasteiger partial charge in [0.25, 0.3) is 0 Å². The number of carbonyl (C=O) groups is 3. The fraction of sp³-hybridized carbons (Fsp3) is 0.737. The lowest BCUT2D eigenvalue weighted by Gasteiger charge is -2.47. The second kappa shape index (κ2) is 17.6. The van der Waals surface area contributed by atoms with E-state index >= 15 is 0 Å². The van der Waals surface area contributed by atoms with Crippen LogP contribution in [-0.2, 0) is 42.8 Å². The van der Waals surface area contributed by atoms with Crippen LogP contribution in [0.3, 0.4) is 0 Å². The third-order valence-electron chi connectivity index (χ3n) is 10.9. The third-order valence-corrected chi connectivity index (χ3v) is 10.9. The largest absolute Gasteiger partial charge is 0.509 e. The van der Waals surface area contributed by atoms with Crippen LogP contribution < -0.4 is 0 Å². The summed E-state index contributed by atoms with van der Waals surface area (Å²) < 4.78 is 36.6. The SMILES string of the molecule is CC[C@H]1OC(=O)[C@H](C)C(=O)[C@H](C)[C@@H](O[C@@H]2O[C@H](C)C[C@H](N(C)C)[C@H]2O)[C@](C)(OC)C[C@@H](C)/C(=N\OCC#Cc2cncnc2)[C@H](C)[C@H]2OC(=O)O[C@@]21C. The van der Waals surface area contributed by atoms with Crippen molar-refractivity contribution in [3.8, 4) is 11.8 Å². The number of oxime groups is 1. The van der Waals surface area contributed by atoms with E-state index in [-0.39, 0.29) is 31.6 Å². The van der Waals surface area contributed by atoms with Gasteiger partial charge in [-0.2, -0.15) is 0 Å². The van der Waals surface area contributed by atoms with Gasteiger partial charge in [-0.25, -0.2) is 14.8 Å². The van der Waals surface area contributed by atoms with Crippen LogP contribution in [0, 0.1) is 35.5 Å². The molecular formula is C38H56N4O11. The topological polar surface area (TPSA) is 177 Å². The van der Waals surface area contributed by atoms with Gasteiger partial charge in [0.05, 0.1) is 29.1 Å². The fourth-order valence-electron chi connectivity index (χ4n) is 7.87. The Balaban J connectivity index is 1.80. The summed E-state index contributed by atoms with van der Waals surface area (Å²) >= 11 is 0. The predicted molar refractivity (Wildman–Crippen MR) is 191 cm³/mol. The van der Waals surface area contributed by atoms with E-state index in [1.807, 2.05) is 39.8 Å². The Morgan fingerprint density at radius 1 is 1.06 bits per heavy atom. The number of hydrogen-bond acceptors (Lipinski definition) is 15. The molecule has 13 atom stereocenters. The standard InChI is InChI=1S/C38H56N4O11/c1-12-28-38(8)33(52-36(46)53-38)23(4)29(41-48-15-13-14-26-18-39-20-40-19-26)21(2)17-37(7,47-11)32(24(5)30(43)25(6)34(45)50-28)51-35-31(44)27(42(9)10)16-22(3)49-35/h18-25,27-28,31-33,35,44H,12,15-17H2,1-11H3/b41-29+/t21-,22-,23+,24+,25-,27+,28-,31-,32-,33-,35+,37-,38-/m1/s1. The number of rotatable bonds is 7. The van der Waals surface area contributed by atoms with Crippen LogP contribution in [0.1, 0.15) is 80.2 Å². The minimum atomic E-state index is -1.43. The Morgan fingerprint density at radius 2 is 1.74 bits per heavy atom. The number of nitrogens with zero attached hydrogens (tertiary/aromatic N) is 4. The van der Waals surface area contributed by atoms with Gasteiger partial charge in [-0.05, 0) is 61.1 Å². The average molecular weight is 745 g/mol. The summed E-state index contributed by atoms with van der Waals surface area (Å²) in [5.41, 5.74) is -1.58. The van der Waals surface area contributed by atoms with E-state index in [9.17, 15) is 19.5 Å².